The maximum atomic E-state index is 12.9. The zero-order valence-corrected chi connectivity index (χ0v) is 18.9. The van der Waals surface area contributed by atoms with Crippen LogP contribution in [-0.4, -0.2) is 20.7 Å². The Morgan fingerprint density at radius 2 is 1.61 bits per heavy atom. The number of carbonyl (C=O) groups is 1. The summed E-state index contributed by atoms with van der Waals surface area (Å²) in [7, 11) is 0. The van der Waals surface area contributed by atoms with Crippen molar-refractivity contribution >= 4 is 46.4 Å². The summed E-state index contributed by atoms with van der Waals surface area (Å²) in [4.78, 5) is 17.4. The largest absolute Gasteiger partial charge is 0.319 e. The number of anilines is 1. The fourth-order valence-corrected chi connectivity index (χ4v) is 3.43. The number of carbonyl (C=O) groups excluding carboxylic acids is 1. The maximum Gasteiger partial charge on any atom is 0.295 e. The lowest BCUT2D eigenvalue weighted by atomic mass is 10.1. The number of hydrogen-bond donors (Lipinski definition) is 1. The smallest absolute Gasteiger partial charge is 0.295 e. The summed E-state index contributed by atoms with van der Waals surface area (Å²) in [5, 5.41) is 8.56. The standard InChI is InChI=1S/C23H17Cl3N4O/c1-13-3-6-15(7-4-13)22-28-21(23(31)27-16-8-10-18(24)20(26)11-16)29-30(22)17-9-5-14(2)19(25)12-17/h3-12H,1-2H3,(H,27,31). The topological polar surface area (TPSA) is 59.8 Å². The van der Waals surface area contributed by atoms with Crippen LogP contribution in [0.4, 0.5) is 5.69 Å². The Morgan fingerprint density at radius 1 is 0.871 bits per heavy atom. The van der Waals surface area contributed by atoms with E-state index in [0.717, 1.165) is 16.7 Å². The molecule has 0 atom stereocenters. The quantitative estimate of drug-likeness (QED) is 0.357. The average molecular weight is 472 g/mol. The Hall–Kier alpha value is -2.86. The molecule has 1 N–H and O–H groups in total. The van der Waals surface area contributed by atoms with E-state index in [1.807, 2.05) is 50.2 Å². The molecule has 3 aromatic carbocycles. The van der Waals surface area contributed by atoms with Crippen molar-refractivity contribution in [2.24, 2.45) is 0 Å². The molecule has 31 heavy (non-hydrogen) atoms. The number of amides is 1. The van der Waals surface area contributed by atoms with Gasteiger partial charge in [-0.3, -0.25) is 4.79 Å². The highest BCUT2D eigenvalue weighted by molar-refractivity contribution is 6.42. The van der Waals surface area contributed by atoms with E-state index >= 15 is 0 Å². The molecule has 4 aromatic rings. The van der Waals surface area contributed by atoms with Gasteiger partial charge in [0.2, 0.25) is 5.82 Å². The molecule has 0 aliphatic rings. The summed E-state index contributed by atoms with van der Waals surface area (Å²) in [6.45, 7) is 3.93. The zero-order chi connectivity index (χ0) is 22.1. The lowest BCUT2D eigenvalue weighted by Crippen LogP contribution is -2.14. The molecule has 5 nitrogen and oxygen atoms in total. The van der Waals surface area contributed by atoms with Crippen molar-refractivity contribution in [3.05, 3.63) is 92.7 Å². The summed E-state index contributed by atoms with van der Waals surface area (Å²) in [5.41, 5.74) is 4.08. The third kappa shape index (κ3) is 4.59. The minimum atomic E-state index is -0.469. The number of benzene rings is 3. The Balaban J connectivity index is 1.76. The van der Waals surface area contributed by atoms with Gasteiger partial charge >= 0.3 is 0 Å². The second-order valence-electron chi connectivity index (χ2n) is 7.05. The molecule has 0 aliphatic carbocycles. The summed E-state index contributed by atoms with van der Waals surface area (Å²) in [6, 6.07) is 18.2. The summed E-state index contributed by atoms with van der Waals surface area (Å²) < 4.78 is 1.61. The van der Waals surface area contributed by atoms with E-state index < -0.39 is 5.91 Å². The zero-order valence-electron chi connectivity index (χ0n) is 16.7. The van der Waals surface area contributed by atoms with Crippen LogP contribution < -0.4 is 5.32 Å². The fraction of sp³-hybridized carbons (Fsp3) is 0.0870. The molecule has 4 rings (SSSR count). The van der Waals surface area contributed by atoms with Crippen LogP contribution in [0.5, 0.6) is 0 Å². The van der Waals surface area contributed by atoms with E-state index in [4.69, 9.17) is 34.8 Å². The normalized spacial score (nSPS) is 10.9. The lowest BCUT2D eigenvalue weighted by Gasteiger charge is -2.08. The van der Waals surface area contributed by atoms with Crippen LogP contribution in [0.1, 0.15) is 21.7 Å². The van der Waals surface area contributed by atoms with Gasteiger partial charge in [-0.05, 0) is 49.7 Å². The Bertz CT molecular complexity index is 1280. The van der Waals surface area contributed by atoms with Crippen molar-refractivity contribution in [3.63, 3.8) is 0 Å². The molecule has 0 saturated carbocycles. The number of hydrogen-bond acceptors (Lipinski definition) is 3. The van der Waals surface area contributed by atoms with Crippen LogP contribution in [0.2, 0.25) is 15.1 Å². The van der Waals surface area contributed by atoms with Gasteiger partial charge in [-0.2, -0.15) is 0 Å². The lowest BCUT2D eigenvalue weighted by molar-refractivity contribution is 0.101. The first-order chi connectivity index (χ1) is 14.8. The molecule has 1 amide bonds. The van der Waals surface area contributed by atoms with Gasteiger partial charge < -0.3 is 5.32 Å². The van der Waals surface area contributed by atoms with Crippen LogP contribution in [0.3, 0.4) is 0 Å². The second kappa shape index (κ2) is 8.71. The second-order valence-corrected chi connectivity index (χ2v) is 8.27. The van der Waals surface area contributed by atoms with Crippen molar-refractivity contribution in [3.8, 4) is 17.1 Å². The van der Waals surface area contributed by atoms with E-state index in [2.05, 4.69) is 15.4 Å². The molecular formula is C23H17Cl3N4O. The molecule has 0 fully saturated rings. The molecule has 1 aromatic heterocycles. The van der Waals surface area contributed by atoms with Crippen molar-refractivity contribution in [1.82, 2.24) is 14.8 Å². The van der Waals surface area contributed by atoms with Gasteiger partial charge in [0.15, 0.2) is 5.82 Å². The van der Waals surface area contributed by atoms with Crippen molar-refractivity contribution in [2.75, 3.05) is 5.32 Å². The van der Waals surface area contributed by atoms with E-state index in [0.29, 0.717) is 32.3 Å². The average Bonchev–Trinajstić information content (AvgIpc) is 3.19. The predicted octanol–water partition coefficient (Wildman–Crippen LogP) is 6.76. The number of aromatic nitrogens is 3. The molecule has 0 radical (unpaired) electrons. The number of nitrogens with one attached hydrogen (secondary N) is 1. The van der Waals surface area contributed by atoms with E-state index in [9.17, 15) is 4.79 Å². The van der Waals surface area contributed by atoms with Gasteiger partial charge in [0, 0.05) is 16.3 Å². The summed E-state index contributed by atoms with van der Waals surface area (Å²) >= 11 is 18.3. The molecule has 0 bridgehead atoms. The third-order valence-corrected chi connectivity index (χ3v) is 5.84. The molecule has 0 saturated heterocycles. The van der Waals surface area contributed by atoms with Gasteiger partial charge in [-0.1, -0.05) is 70.7 Å². The van der Waals surface area contributed by atoms with Gasteiger partial charge in [0.1, 0.15) is 0 Å². The van der Waals surface area contributed by atoms with Crippen molar-refractivity contribution in [2.45, 2.75) is 13.8 Å². The predicted molar refractivity (Wildman–Crippen MR) is 126 cm³/mol. The van der Waals surface area contributed by atoms with E-state index in [1.54, 1.807) is 28.9 Å². The van der Waals surface area contributed by atoms with Crippen molar-refractivity contribution < 1.29 is 4.79 Å². The highest BCUT2D eigenvalue weighted by Gasteiger charge is 2.19. The Kier molecular flexibility index (Phi) is 6.01. The molecule has 1 heterocycles. The van der Waals surface area contributed by atoms with Gasteiger partial charge in [0.25, 0.3) is 5.91 Å². The third-order valence-electron chi connectivity index (χ3n) is 4.70. The number of nitrogens with zero attached hydrogens (tertiary/aromatic N) is 3. The monoisotopic (exact) mass is 470 g/mol. The highest BCUT2D eigenvalue weighted by Crippen LogP contribution is 2.27. The number of aryl methyl sites for hydroxylation is 2. The molecule has 0 aliphatic heterocycles. The van der Waals surface area contributed by atoms with Crippen LogP contribution in [0, 0.1) is 13.8 Å². The summed E-state index contributed by atoms with van der Waals surface area (Å²) in [5.74, 6) is 0.0706. The van der Waals surface area contributed by atoms with Gasteiger partial charge in [-0.25, -0.2) is 9.67 Å². The molecule has 0 unspecified atom stereocenters. The minimum Gasteiger partial charge on any atom is -0.319 e. The SMILES string of the molecule is Cc1ccc(-c2nc(C(=O)Nc3ccc(Cl)c(Cl)c3)nn2-c2ccc(C)c(Cl)c2)cc1. The molecule has 156 valence electrons. The Labute approximate surface area is 194 Å². The van der Waals surface area contributed by atoms with Gasteiger partial charge in [0.05, 0.1) is 15.7 Å². The molecular weight excluding hydrogens is 455 g/mol. The maximum absolute atomic E-state index is 12.9. The van der Waals surface area contributed by atoms with E-state index in [1.165, 1.54) is 0 Å². The fourth-order valence-electron chi connectivity index (χ4n) is 2.95. The highest BCUT2D eigenvalue weighted by atomic mass is 35.5. The van der Waals surface area contributed by atoms with Crippen LogP contribution in [0.25, 0.3) is 17.1 Å². The molecule has 8 heteroatoms. The first-order valence-corrected chi connectivity index (χ1v) is 10.5. The number of halogens is 3. The summed E-state index contributed by atoms with van der Waals surface area (Å²) in [6.07, 6.45) is 0. The Morgan fingerprint density at radius 3 is 2.29 bits per heavy atom. The van der Waals surface area contributed by atoms with Gasteiger partial charge in [-0.15, -0.1) is 5.10 Å². The van der Waals surface area contributed by atoms with Crippen LogP contribution >= 0.6 is 34.8 Å². The number of rotatable bonds is 4. The van der Waals surface area contributed by atoms with Crippen LogP contribution in [-0.2, 0) is 0 Å². The molecule has 0 spiro atoms. The van der Waals surface area contributed by atoms with Crippen molar-refractivity contribution in [1.29, 1.82) is 0 Å². The van der Waals surface area contributed by atoms with E-state index in [-0.39, 0.29) is 5.82 Å². The first kappa shape index (κ1) is 21.4. The van der Waals surface area contributed by atoms with Crippen LogP contribution in [0.15, 0.2) is 60.7 Å². The minimum absolute atomic E-state index is 0.0124. The first-order valence-electron chi connectivity index (χ1n) is 9.39.